The molecule has 0 fully saturated rings. The molecule has 2 aromatic carbocycles. The fraction of sp³-hybridized carbons (Fsp3) is 0. The van der Waals surface area contributed by atoms with Gasteiger partial charge in [0.25, 0.3) is 10.4 Å². The van der Waals surface area contributed by atoms with Gasteiger partial charge >= 0.3 is 0 Å². The molecule has 94 valence electrons. The second kappa shape index (κ2) is 5.07. The monoisotopic (exact) mass is 265 g/mol. The lowest BCUT2D eigenvalue weighted by Crippen LogP contribution is -2.06. The Bertz CT molecular complexity index is 622. The van der Waals surface area contributed by atoms with E-state index in [2.05, 4.69) is 4.18 Å². The van der Waals surface area contributed by atoms with Gasteiger partial charge in [-0.3, -0.25) is 0 Å². The molecule has 5 nitrogen and oxygen atoms in total. The first-order valence-electron chi connectivity index (χ1n) is 5.01. The first-order chi connectivity index (χ1) is 8.53. The number of benzene rings is 2. The van der Waals surface area contributed by atoms with Crippen LogP contribution >= 0.6 is 0 Å². The summed E-state index contributed by atoms with van der Waals surface area (Å²) in [6, 6.07) is 14.8. The van der Waals surface area contributed by atoms with E-state index in [1.807, 2.05) is 6.07 Å². The van der Waals surface area contributed by atoms with Crippen LogP contribution in [0.5, 0.6) is 17.2 Å². The van der Waals surface area contributed by atoms with Crippen LogP contribution in [0.2, 0.25) is 0 Å². The maximum atomic E-state index is 10.5. The molecule has 0 saturated carbocycles. The van der Waals surface area contributed by atoms with E-state index in [0.29, 0.717) is 11.5 Å². The first kappa shape index (κ1) is 12.4. The zero-order valence-electron chi connectivity index (χ0n) is 9.15. The Morgan fingerprint density at radius 2 is 1.44 bits per heavy atom. The van der Waals surface area contributed by atoms with Crippen LogP contribution in [0.15, 0.2) is 54.6 Å². The Balaban J connectivity index is 2.18. The third-order valence-corrected chi connectivity index (χ3v) is 2.38. The van der Waals surface area contributed by atoms with Crippen LogP contribution in [0.25, 0.3) is 0 Å². The van der Waals surface area contributed by atoms with E-state index in [9.17, 15) is 13.0 Å². The molecule has 0 amide bonds. The Hall–Kier alpha value is -2.05. The van der Waals surface area contributed by atoms with Gasteiger partial charge in [0.05, 0.1) is 0 Å². The van der Waals surface area contributed by atoms with E-state index in [4.69, 9.17) is 4.74 Å². The van der Waals surface area contributed by atoms with E-state index in [1.165, 1.54) is 18.2 Å². The van der Waals surface area contributed by atoms with Gasteiger partial charge in [0.2, 0.25) is 0 Å². The quantitative estimate of drug-likeness (QED) is 0.626. The number of para-hydroxylation sites is 1. The van der Waals surface area contributed by atoms with Crippen LogP contribution < -0.4 is 8.92 Å². The van der Waals surface area contributed by atoms with Gasteiger partial charge in [-0.1, -0.05) is 24.3 Å². The highest BCUT2D eigenvalue weighted by Gasteiger charge is 2.02. The van der Waals surface area contributed by atoms with Crippen LogP contribution in [-0.2, 0) is 10.4 Å². The Labute approximate surface area is 105 Å². The van der Waals surface area contributed by atoms with Crippen molar-refractivity contribution >= 4 is 10.4 Å². The summed E-state index contributed by atoms with van der Waals surface area (Å²) >= 11 is 0. The maximum Gasteiger partial charge on any atom is 0.262 e. The summed E-state index contributed by atoms with van der Waals surface area (Å²) in [5.41, 5.74) is 0. The van der Waals surface area contributed by atoms with Crippen LogP contribution in [0.4, 0.5) is 0 Å². The van der Waals surface area contributed by atoms with E-state index >= 15 is 0 Å². The van der Waals surface area contributed by atoms with Crippen LogP contribution in [0, 0.1) is 0 Å². The van der Waals surface area contributed by atoms with Crippen molar-refractivity contribution in [3.8, 4) is 17.2 Å². The van der Waals surface area contributed by atoms with Crippen LogP contribution in [0.3, 0.4) is 0 Å². The van der Waals surface area contributed by atoms with E-state index in [1.54, 1.807) is 30.3 Å². The summed E-state index contributed by atoms with van der Waals surface area (Å²) in [6.07, 6.45) is 0. The summed E-state index contributed by atoms with van der Waals surface area (Å²) in [5, 5.41) is 0. The lowest BCUT2D eigenvalue weighted by molar-refractivity contribution is 0.371. The SMILES string of the molecule is O=S(=O)([O-])Oc1cccc(Oc2ccccc2)c1. The highest BCUT2D eigenvalue weighted by atomic mass is 32.3. The zero-order valence-corrected chi connectivity index (χ0v) is 9.96. The summed E-state index contributed by atoms with van der Waals surface area (Å²) in [4.78, 5) is 0. The van der Waals surface area contributed by atoms with E-state index < -0.39 is 10.4 Å². The first-order valence-corrected chi connectivity index (χ1v) is 6.34. The van der Waals surface area contributed by atoms with Crippen molar-refractivity contribution in [2.24, 2.45) is 0 Å². The van der Waals surface area contributed by atoms with Crippen LogP contribution in [0.1, 0.15) is 0 Å². The lowest BCUT2D eigenvalue weighted by Gasteiger charge is -2.10. The molecular weight excluding hydrogens is 256 g/mol. The maximum absolute atomic E-state index is 10.5. The molecule has 0 heterocycles. The summed E-state index contributed by atoms with van der Waals surface area (Å²) in [5.74, 6) is 0.889. The molecule has 0 radical (unpaired) electrons. The van der Waals surface area contributed by atoms with Crippen LogP contribution in [-0.4, -0.2) is 13.0 Å². The Morgan fingerprint density at radius 1 is 0.833 bits per heavy atom. The highest BCUT2D eigenvalue weighted by molar-refractivity contribution is 7.81. The van der Waals surface area contributed by atoms with Gasteiger partial charge in [-0.05, 0) is 24.3 Å². The molecular formula is C12H9O5S-. The average Bonchev–Trinajstić information content (AvgIpc) is 2.28. The predicted molar refractivity (Wildman–Crippen MR) is 63.3 cm³/mol. The standard InChI is InChI=1S/C12H10O5S/c13-18(14,15)17-12-8-4-7-11(9-12)16-10-5-2-1-3-6-10/h1-9H,(H,13,14,15)/p-1. The molecule has 0 aliphatic heterocycles. The van der Waals surface area contributed by atoms with Crippen molar-refractivity contribution in [2.45, 2.75) is 0 Å². The molecule has 18 heavy (non-hydrogen) atoms. The fourth-order valence-electron chi connectivity index (χ4n) is 1.33. The van der Waals surface area contributed by atoms with Gasteiger partial charge in [-0.15, -0.1) is 0 Å². The molecule has 0 aliphatic carbocycles. The molecule has 0 unspecified atom stereocenters. The molecule has 0 spiro atoms. The van der Waals surface area contributed by atoms with Gasteiger partial charge in [0, 0.05) is 6.07 Å². The van der Waals surface area contributed by atoms with Crippen molar-refractivity contribution in [1.29, 1.82) is 0 Å². The van der Waals surface area contributed by atoms with Gasteiger partial charge in [-0.2, -0.15) is 0 Å². The topological polar surface area (TPSA) is 75.7 Å². The van der Waals surface area contributed by atoms with Gasteiger partial charge in [0.1, 0.15) is 17.2 Å². The summed E-state index contributed by atoms with van der Waals surface area (Å²) in [6.45, 7) is 0. The van der Waals surface area contributed by atoms with Gasteiger partial charge < -0.3 is 13.5 Å². The van der Waals surface area contributed by atoms with Crippen molar-refractivity contribution in [3.63, 3.8) is 0 Å². The molecule has 2 aromatic rings. The minimum atomic E-state index is -4.77. The number of hydrogen-bond acceptors (Lipinski definition) is 5. The summed E-state index contributed by atoms with van der Waals surface area (Å²) < 4.78 is 41.0. The van der Waals surface area contributed by atoms with Gasteiger partial charge in [0.15, 0.2) is 0 Å². The van der Waals surface area contributed by atoms with Crippen molar-refractivity contribution < 1.29 is 21.9 Å². The smallest absolute Gasteiger partial charge is 0.262 e. The number of ether oxygens (including phenoxy) is 1. The minimum absolute atomic E-state index is 0.0848. The molecule has 0 bridgehead atoms. The second-order valence-electron chi connectivity index (χ2n) is 3.38. The average molecular weight is 265 g/mol. The van der Waals surface area contributed by atoms with E-state index in [0.717, 1.165) is 0 Å². The third kappa shape index (κ3) is 3.76. The molecule has 0 aliphatic rings. The molecule has 2 rings (SSSR count). The molecule has 0 aromatic heterocycles. The number of hydrogen-bond donors (Lipinski definition) is 0. The summed E-state index contributed by atoms with van der Waals surface area (Å²) in [7, 11) is -4.77. The highest BCUT2D eigenvalue weighted by Crippen LogP contribution is 2.25. The van der Waals surface area contributed by atoms with Crippen molar-refractivity contribution in [2.75, 3.05) is 0 Å². The molecule has 0 saturated heterocycles. The van der Waals surface area contributed by atoms with Crippen molar-refractivity contribution in [3.05, 3.63) is 54.6 Å². The fourth-order valence-corrected chi connectivity index (χ4v) is 1.67. The zero-order chi connectivity index (χ0) is 13.0. The second-order valence-corrected chi connectivity index (χ2v) is 4.36. The van der Waals surface area contributed by atoms with Gasteiger partial charge in [-0.25, -0.2) is 8.42 Å². The molecule has 0 atom stereocenters. The normalized spacial score (nSPS) is 10.9. The third-order valence-electron chi connectivity index (χ3n) is 1.98. The predicted octanol–water partition coefficient (Wildman–Crippen LogP) is 2.32. The Kier molecular flexibility index (Phi) is 3.50. The van der Waals surface area contributed by atoms with Crippen molar-refractivity contribution in [1.82, 2.24) is 0 Å². The Morgan fingerprint density at radius 3 is 2.11 bits per heavy atom. The largest absolute Gasteiger partial charge is 0.716 e. The molecule has 0 N–H and O–H groups in total. The molecule has 6 heteroatoms. The minimum Gasteiger partial charge on any atom is -0.716 e. The van der Waals surface area contributed by atoms with E-state index in [-0.39, 0.29) is 5.75 Å². The number of rotatable bonds is 4. The lowest BCUT2D eigenvalue weighted by atomic mass is 10.3.